The van der Waals surface area contributed by atoms with Crippen molar-refractivity contribution in [2.45, 2.75) is 4.33 Å². The molecule has 0 spiro atoms. The Hall–Kier alpha value is -0.880. The molecule has 1 aliphatic rings. The Balaban J connectivity index is 2.03. The van der Waals surface area contributed by atoms with Gasteiger partial charge in [-0.05, 0) is 12.1 Å². The summed E-state index contributed by atoms with van der Waals surface area (Å²) in [5.41, 5.74) is 3.24. The lowest BCUT2D eigenvalue weighted by Gasteiger charge is -2.30. The third kappa shape index (κ3) is 3.11. The molecule has 7 heteroatoms. The van der Waals surface area contributed by atoms with Crippen LogP contribution in [0.1, 0.15) is 5.56 Å². The Morgan fingerprint density at radius 1 is 1.33 bits per heavy atom. The van der Waals surface area contributed by atoms with Crippen LogP contribution in [0.15, 0.2) is 24.5 Å². The van der Waals surface area contributed by atoms with Crippen LogP contribution in [-0.2, 0) is 9.13 Å². The second kappa shape index (κ2) is 5.84. The van der Waals surface area contributed by atoms with Crippen molar-refractivity contribution in [2.24, 2.45) is 0 Å². The van der Waals surface area contributed by atoms with E-state index in [2.05, 4.69) is 15.7 Å². The number of carbonyl (C=O) groups excluding carboxylic acids is 1. The van der Waals surface area contributed by atoms with Gasteiger partial charge in [0.2, 0.25) is 4.33 Å². The maximum Gasteiger partial charge on any atom is 0.275 e. The van der Waals surface area contributed by atoms with E-state index in [9.17, 15) is 4.79 Å². The molecule has 5 nitrogen and oxygen atoms in total. The fraction of sp³-hybridized carbons (Fsp3) is 0.455. The standard InChI is InChI=1S/C11H14Cl2N4O/c12-11(13,9-1-3-14-4-2-9)10(18)16-17-7-5-15-6-8-17/h1-4,15H,5-8H2,(H,16,18). The van der Waals surface area contributed by atoms with Gasteiger partial charge in [-0.25, -0.2) is 5.01 Å². The summed E-state index contributed by atoms with van der Waals surface area (Å²) in [6.45, 7) is 3.11. The average Bonchev–Trinajstić information content (AvgIpc) is 2.41. The van der Waals surface area contributed by atoms with E-state index in [1.165, 1.54) is 0 Å². The Kier molecular flexibility index (Phi) is 4.40. The first kappa shape index (κ1) is 13.5. The number of piperazine rings is 1. The molecule has 0 aliphatic carbocycles. The summed E-state index contributed by atoms with van der Waals surface area (Å²) in [5, 5.41) is 5.00. The molecule has 98 valence electrons. The number of alkyl halides is 2. The quantitative estimate of drug-likeness (QED) is 0.802. The highest BCUT2D eigenvalue weighted by Crippen LogP contribution is 2.33. The number of halogens is 2. The molecule has 2 rings (SSSR count). The number of hydrogen-bond donors (Lipinski definition) is 2. The van der Waals surface area contributed by atoms with Crippen LogP contribution in [-0.4, -0.2) is 42.1 Å². The Labute approximate surface area is 115 Å². The number of hydrogen-bond acceptors (Lipinski definition) is 4. The van der Waals surface area contributed by atoms with Crippen molar-refractivity contribution in [2.75, 3.05) is 26.2 Å². The van der Waals surface area contributed by atoms with Crippen LogP contribution >= 0.6 is 23.2 Å². The van der Waals surface area contributed by atoms with Gasteiger partial charge < -0.3 is 5.32 Å². The van der Waals surface area contributed by atoms with Crippen molar-refractivity contribution in [3.05, 3.63) is 30.1 Å². The summed E-state index contributed by atoms with van der Waals surface area (Å²) in [4.78, 5) is 15.9. The predicted octanol–water partition coefficient (Wildman–Crippen LogP) is 0.648. The van der Waals surface area contributed by atoms with Gasteiger partial charge in [-0.15, -0.1) is 0 Å². The molecule has 1 saturated heterocycles. The molecule has 0 atom stereocenters. The first-order chi connectivity index (χ1) is 8.60. The van der Waals surface area contributed by atoms with Crippen LogP contribution in [0, 0.1) is 0 Å². The smallest absolute Gasteiger partial charge is 0.275 e. The number of aromatic nitrogens is 1. The maximum atomic E-state index is 12.1. The fourth-order valence-electron chi connectivity index (χ4n) is 1.68. The highest BCUT2D eigenvalue weighted by Gasteiger charge is 2.36. The molecule has 1 aromatic rings. The van der Waals surface area contributed by atoms with Crippen molar-refractivity contribution in [3.63, 3.8) is 0 Å². The fourth-order valence-corrected chi connectivity index (χ4v) is 2.02. The predicted molar refractivity (Wildman–Crippen MR) is 70.2 cm³/mol. The minimum atomic E-state index is -1.60. The summed E-state index contributed by atoms with van der Waals surface area (Å²) in [6, 6.07) is 3.24. The third-order valence-corrected chi connectivity index (χ3v) is 3.48. The molecule has 0 aromatic carbocycles. The number of rotatable bonds is 3. The molecule has 1 amide bonds. The van der Waals surface area contributed by atoms with Crippen LogP contribution in [0.3, 0.4) is 0 Å². The van der Waals surface area contributed by atoms with Gasteiger partial charge in [0, 0.05) is 44.1 Å². The van der Waals surface area contributed by atoms with Gasteiger partial charge in [0.05, 0.1) is 0 Å². The number of amides is 1. The van der Waals surface area contributed by atoms with E-state index in [0.717, 1.165) is 26.2 Å². The summed E-state index contributed by atoms with van der Waals surface area (Å²) in [6.07, 6.45) is 3.10. The monoisotopic (exact) mass is 288 g/mol. The van der Waals surface area contributed by atoms with Crippen molar-refractivity contribution in [3.8, 4) is 0 Å². The van der Waals surface area contributed by atoms with Gasteiger partial charge in [0.1, 0.15) is 0 Å². The van der Waals surface area contributed by atoms with E-state index < -0.39 is 10.2 Å². The number of carbonyl (C=O) groups is 1. The average molecular weight is 289 g/mol. The molecule has 18 heavy (non-hydrogen) atoms. The molecule has 2 heterocycles. The summed E-state index contributed by atoms with van der Waals surface area (Å²) in [7, 11) is 0. The highest BCUT2D eigenvalue weighted by atomic mass is 35.5. The Morgan fingerprint density at radius 2 is 1.94 bits per heavy atom. The van der Waals surface area contributed by atoms with Crippen molar-refractivity contribution >= 4 is 29.1 Å². The van der Waals surface area contributed by atoms with Gasteiger partial charge in [0.25, 0.3) is 5.91 Å². The van der Waals surface area contributed by atoms with Gasteiger partial charge in [-0.2, -0.15) is 0 Å². The Morgan fingerprint density at radius 3 is 2.56 bits per heavy atom. The normalized spacial score (nSPS) is 17.4. The molecule has 1 fully saturated rings. The Bertz CT molecular complexity index is 407. The maximum absolute atomic E-state index is 12.1. The van der Waals surface area contributed by atoms with Crippen molar-refractivity contribution in [1.82, 2.24) is 20.7 Å². The van der Waals surface area contributed by atoms with Crippen LogP contribution in [0.5, 0.6) is 0 Å². The summed E-state index contributed by atoms with van der Waals surface area (Å²) >= 11 is 12.2. The number of hydrazine groups is 1. The van der Waals surface area contributed by atoms with E-state index in [1.807, 2.05) is 0 Å². The minimum Gasteiger partial charge on any atom is -0.314 e. The van der Waals surface area contributed by atoms with Gasteiger partial charge in [0.15, 0.2) is 0 Å². The van der Waals surface area contributed by atoms with E-state index in [1.54, 1.807) is 29.5 Å². The lowest BCUT2D eigenvalue weighted by atomic mass is 10.2. The number of nitrogens with one attached hydrogen (secondary N) is 2. The van der Waals surface area contributed by atoms with Gasteiger partial charge in [-0.1, -0.05) is 23.2 Å². The minimum absolute atomic E-state index is 0.445. The summed E-state index contributed by atoms with van der Waals surface area (Å²) in [5.74, 6) is -0.445. The van der Waals surface area contributed by atoms with Crippen molar-refractivity contribution in [1.29, 1.82) is 0 Å². The summed E-state index contributed by atoms with van der Waals surface area (Å²) < 4.78 is -1.60. The lowest BCUT2D eigenvalue weighted by Crippen LogP contribution is -2.54. The second-order valence-corrected chi connectivity index (χ2v) is 5.32. The molecule has 2 N–H and O–H groups in total. The van der Waals surface area contributed by atoms with Crippen molar-refractivity contribution < 1.29 is 4.79 Å². The van der Waals surface area contributed by atoms with E-state index >= 15 is 0 Å². The van der Waals surface area contributed by atoms with Gasteiger partial charge in [-0.3, -0.25) is 15.2 Å². The van der Waals surface area contributed by atoms with Crippen LogP contribution in [0.4, 0.5) is 0 Å². The highest BCUT2D eigenvalue weighted by molar-refractivity contribution is 6.57. The van der Waals surface area contributed by atoms with Crippen LogP contribution in [0.25, 0.3) is 0 Å². The van der Waals surface area contributed by atoms with Gasteiger partial charge >= 0.3 is 0 Å². The SMILES string of the molecule is O=C(NN1CCNCC1)C(Cl)(Cl)c1ccncc1. The molecule has 1 aliphatic heterocycles. The zero-order chi connectivity index (χ0) is 13.0. The molecular weight excluding hydrogens is 275 g/mol. The number of pyridine rings is 1. The second-order valence-electron chi connectivity index (χ2n) is 3.99. The molecule has 0 saturated carbocycles. The molecule has 0 radical (unpaired) electrons. The number of nitrogens with zero attached hydrogens (tertiary/aromatic N) is 2. The molecule has 0 unspecified atom stereocenters. The van der Waals surface area contributed by atoms with Crippen LogP contribution < -0.4 is 10.7 Å². The third-order valence-electron chi connectivity index (χ3n) is 2.70. The molecule has 1 aromatic heterocycles. The van der Waals surface area contributed by atoms with Crippen LogP contribution in [0.2, 0.25) is 0 Å². The molecular formula is C11H14Cl2N4O. The van der Waals surface area contributed by atoms with E-state index in [-0.39, 0.29) is 0 Å². The zero-order valence-electron chi connectivity index (χ0n) is 9.70. The topological polar surface area (TPSA) is 57.3 Å². The zero-order valence-corrected chi connectivity index (χ0v) is 11.2. The van der Waals surface area contributed by atoms with E-state index in [0.29, 0.717) is 5.56 Å². The molecule has 0 bridgehead atoms. The first-order valence-corrected chi connectivity index (χ1v) is 6.41. The largest absolute Gasteiger partial charge is 0.314 e. The van der Waals surface area contributed by atoms with E-state index in [4.69, 9.17) is 23.2 Å². The first-order valence-electron chi connectivity index (χ1n) is 5.66. The lowest BCUT2D eigenvalue weighted by molar-refractivity contribution is -0.127.